The average Bonchev–Trinajstić information content (AvgIpc) is 2.51. The summed E-state index contributed by atoms with van der Waals surface area (Å²) in [5.74, 6) is -3.23. The van der Waals surface area contributed by atoms with Gasteiger partial charge in [-0.25, -0.2) is 8.78 Å². The number of rotatable bonds is 6. The SMILES string of the molecule is NCC(F)(F)CNC(=O)COc1ccc2cc(Br)ccc2c1. The van der Waals surface area contributed by atoms with E-state index in [0.29, 0.717) is 5.75 Å². The average molecular weight is 373 g/mol. The topological polar surface area (TPSA) is 64.3 Å². The van der Waals surface area contributed by atoms with E-state index in [-0.39, 0.29) is 6.61 Å². The largest absolute Gasteiger partial charge is 0.484 e. The van der Waals surface area contributed by atoms with Crippen molar-refractivity contribution in [2.75, 3.05) is 19.7 Å². The lowest BCUT2D eigenvalue weighted by Crippen LogP contribution is -2.43. The van der Waals surface area contributed by atoms with Crippen molar-refractivity contribution in [2.45, 2.75) is 5.92 Å². The quantitative estimate of drug-likeness (QED) is 0.819. The Morgan fingerprint density at radius 2 is 1.91 bits per heavy atom. The van der Waals surface area contributed by atoms with E-state index in [2.05, 4.69) is 21.2 Å². The molecule has 1 amide bonds. The van der Waals surface area contributed by atoms with Gasteiger partial charge in [0, 0.05) is 4.47 Å². The Balaban J connectivity index is 1.91. The van der Waals surface area contributed by atoms with E-state index in [4.69, 9.17) is 10.5 Å². The lowest BCUT2D eigenvalue weighted by molar-refractivity contribution is -0.124. The fraction of sp³-hybridized carbons (Fsp3) is 0.267. The highest BCUT2D eigenvalue weighted by atomic mass is 79.9. The molecule has 4 nitrogen and oxygen atoms in total. The third kappa shape index (κ3) is 4.64. The minimum Gasteiger partial charge on any atom is -0.484 e. The van der Waals surface area contributed by atoms with Gasteiger partial charge in [0.15, 0.2) is 6.61 Å². The zero-order chi connectivity index (χ0) is 16.2. The van der Waals surface area contributed by atoms with Crippen LogP contribution in [0.15, 0.2) is 40.9 Å². The molecule has 2 rings (SSSR count). The number of benzene rings is 2. The maximum Gasteiger partial charge on any atom is 0.277 e. The second kappa shape index (κ2) is 7.02. The number of ether oxygens (including phenoxy) is 1. The summed E-state index contributed by atoms with van der Waals surface area (Å²) >= 11 is 3.39. The smallest absolute Gasteiger partial charge is 0.277 e. The van der Waals surface area contributed by atoms with Gasteiger partial charge in [0.25, 0.3) is 11.8 Å². The van der Waals surface area contributed by atoms with Gasteiger partial charge in [-0.2, -0.15) is 0 Å². The predicted octanol–water partition coefficient (Wildman–Crippen LogP) is 2.69. The molecule has 0 aromatic heterocycles. The van der Waals surface area contributed by atoms with Crippen molar-refractivity contribution in [3.05, 3.63) is 40.9 Å². The molecule has 0 spiro atoms. The van der Waals surface area contributed by atoms with Crippen molar-refractivity contribution in [1.82, 2.24) is 5.32 Å². The Morgan fingerprint density at radius 3 is 2.64 bits per heavy atom. The first kappa shape index (κ1) is 16.6. The van der Waals surface area contributed by atoms with E-state index >= 15 is 0 Å². The Hall–Kier alpha value is -1.73. The Bertz CT molecular complexity index is 680. The molecular formula is C15H15BrF2N2O2. The lowest BCUT2D eigenvalue weighted by atomic mass is 10.1. The third-order valence-corrected chi connectivity index (χ3v) is 3.48. The lowest BCUT2D eigenvalue weighted by Gasteiger charge is -2.14. The molecule has 0 aliphatic heterocycles. The van der Waals surface area contributed by atoms with Gasteiger partial charge in [-0.15, -0.1) is 0 Å². The van der Waals surface area contributed by atoms with Crippen LogP contribution < -0.4 is 15.8 Å². The van der Waals surface area contributed by atoms with E-state index in [1.807, 2.05) is 24.3 Å². The van der Waals surface area contributed by atoms with Gasteiger partial charge in [-0.05, 0) is 35.0 Å². The Labute approximate surface area is 134 Å². The van der Waals surface area contributed by atoms with E-state index in [1.165, 1.54) is 0 Å². The molecule has 2 aromatic rings. The number of amides is 1. The molecule has 7 heteroatoms. The number of fused-ring (bicyclic) bond motifs is 1. The molecule has 3 N–H and O–H groups in total. The van der Waals surface area contributed by atoms with Gasteiger partial charge in [-0.1, -0.05) is 28.1 Å². The van der Waals surface area contributed by atoms with Crippen LogP contribution in [0.5, 0.6) is 5.75 Å². The molecular weight excluding hydrogens is 358 g/mol. The van der Waals surface area contributed by atoms with Gasteiger partial charge in [0.2, 0.25) is 0 Å². The molecule has 22 heavy (non-hydrogen) atoms. The highest BCUT2D eigenvalue weighted by molar-refractivity contribution is 9.10. The normalized spacial score (nSPS) is 11.5. The highest BCUT2D eigenvalue weighted by Crippen LogP contribution is 2.24. The van der Waals surface area contributed by atoms with Crippen LogP contribution in [0.4, 0.5) is 8.78 Å². The van der Waals surface area contributed by atoms with Crippen LogP contribution in [0.3, 0.4) is 0 Å². The molecule has 0 aliphatic rings. The zero-order valence-corrected chi connectivity index (χ0v) is 13.2. The minimum absolute atomic E-state index is 0.331. The number of nitrogens with one attached hydrogen (secondary N) is 1. The first-order chi connectivity index (χ1) is 10.4. The predicted molar refractivity (Wildman–Crippen MR) is 84.2 cm³/mol. The second-order valence-corrected chi connectivity index (χ2v) is 5.69. The van der Waals surface area contributed by atoms with Gasteiger partial charge < -0.3 is 15.8 Å². The van der Waals surface area contributed by atoms with Crippen LogP contribution in [0, 0.1) is 0 Å². The maximum absolute atomic E-state index is 12.9. The van der Waals surface area contributed by atoms with Crippen LogP contribution in [0.1, 0.15) is 0 Å². The van der Waals surface area contributed by atoms with Gasteiger partial charge in [0.05, 0.1) is 13.1 Å². The van der Waals surface area contributed by atoms with Crippen LogP contribution in [0.25, 0.3) is 10.8 Å². The molecule has 118 valence electrons. The molecule has 0 fully saturated rings. The first-order valence-corrected chi connectivity index (χ1v) is 7.36. The van der Waals surface area contributed by atoms with Gasteiger partial charge >= 0.3 is 0 Å². The molecule has 0 bridgehead atoms. The first-order valence-electron chi connectivity index (χ1n) is 6.56. The number of alkyl halides is 2. The molecule has 2 aromatic carbocycles. The zero-order valence-electron chi connectivity index (χ0n) is 11.6. The number of halogens is 3. The highest BCUT2D eigenvalue weighted by Gasteiger charge is 2.27. The maximum atomic E-state index is 12.9. The fourth-order valence-electron chi connectivity index (χ4n) is 1.78. The third-order valence-electron chi connectivity index (χ3n) is 2.99. The number of carbonyl (C=O) groups excluding carboxylic acids is 1. The monoisotopic (exact) mass is 372 g/mol. The number of hydrogen-bond donors (Lipinski definition) is 2. The summed E-state index contributed by atoms with van der Waals surface area (Å²) in [6.45, 7) is -1.94. The summed E-state index contributed by atoms with van der Waals surface area (Å²) in [5.41, 5.74) is 4.89. The molecule has 0 saturated heterocycles. The standard InChI is InChI=1S/C15H15BrF2N2O2/c16-12-3-1-11-6-13(4-2-10(11)5-12)22-7-14(21)20-9-15(17,18)8-19/h1-6H,7-9,19H2,(H,20,21). The van der Waals surface area contributed by atoms with Crippen molar-refractivity contribution >= 4 is 32.6 Å². The van der Waals surface area contributed by atoms with E-state index < -0.39 is 24.9 Å². The second-order valence-electron chi connectivity index (χ2n) is 4.78. The van der Waals surface area contributed by atoms with Gasteiger partial charge in [-0.3, -0.25) is 4.79 Å². The minimum atomic E-state index is -3.11. The summed E-state index contributed by atoms with van der Waals surface area (Å²) < 4.78 is 32.1. The number of nitrogens with two attached hydrogens (primary N) is 1. The molecule has 0 aliphatic carbocycles. The summed E-state index contributed by atoms with van der Waals surface area (Å²) in [4.78, 5) is 11.5. The van der Waals surface area contributed by atoms with Crippen LogP contribution in [-0.4, -0.2) is 31.5 Å². The van der Waals surface area contributed by atoms with E-state index in [1.54, 1.807) is 12.1 Å². The fourth-order valence-corrected chi connectivity index (χ4v) is 2.16. The Kier molecular flexibility index (Phi) is 5.31. The molecule has 0 unspecified atom stereocenters. The summed E-state index contributed by atoms with van der Waals surface area (Å²) in [6, 6.07) is 11.1. The van der Waals surface area contributed by atoms with Crippen molar-refractivity contribution in [3.63, 3.8) is 0 Å². The number of hydrogen-bond acceptors (Lipinski definition) is 3. The van der Waals surface area contributed by atoms with Crippen LogP contribution >= 0.6 is 15.9 Å². The van der Waals surface area contributed by atoms with Crippen LogP contribution in [-0.2, 0) is 4.79 Å². The van der Waals surface area contributed by atoms with Crippen molar-refractivity contribution in [3.8, 4) is 5.75 Å². The van der Waals surface area contributed by atoms with E-state index in [9.17, 15) is 13.6 Å². The summed E-state index contributed by atoms with van der Waals surface area (Å²) in [5, 5.41) is 4.07. The molecule has 0 radical (unpaired) electrons. The number of carbonyl (C=O) groups is 1. The Morgan fingerprint density at radius 1 is 1.23 bits per heavy atom. The molecule has 0 atom stereocenters. The molecule has 0 saturated carbocycles. The van der Waals surface area contributed by atoms with Crippen LogP contribution in [0.2, 0.25) is 0 Å². The van der Waals surface area contributed by atoms with E-state index in [0.717, 1.165) is 15.2 Å². The summed E-state index contributed by atoms with van der Waals surface area (Å²) in [6.07, 6.45) is 0. The van der Waals surface area contributed by atoms with Crippen molar-refractivity contribution in [1.29, 1.82) is 0 Å². The summed E-state index contributed by atoms with van der Waals surface area (Å²) in [7, 11) is 0. The van der Waals surface area contributed by atoms with Gasteiger partial charge in [0.1, 0.15) is 5.75 Å². The van der Waals surface area contributed by atoms with Crippen molar-refractivity contribution in [2.24, 2.45) is 5.73 Å². The molecule has 0 heterocycles. The van der Waals surface area contributed by atoms with Crippen molar-refractivity contribution < 1.29 is 18.3 Å².